The fourth-order valence-corrected chi connectivity index (χ4v) is 3.93. The fraction of sp³-hybridized carbons (Fsp3) is 0.588. The van der Waals surface area contributed by atoms with E-state index in [0.29, 0.717) is 25.9 Å². The second-order valence-electron chi connectivity index (χ2n) is 6.99. The summed E-state index contributed by atoms with van der Waals surface area (Å²) in [6, 6.07) is 8.53. The highest BCUT2D eigenvalue weighted by molar-refractivity contribution is 5.83. The van der Waals surface area contributed by atoms with E-state index in [-0.39, 0.29) is 18.1 Å². The molecule has 1 aliphatic carbocycles. The Morgan fingerprint density at radius 1 is 1.25 bits per heavy atom. The summed E-state index contributed by atoms with van der Waals surface area (Å²) in [5.74, 6) is -1.75. The minimum atomic E-state index is -4.85. The third-order valence-corrected chi connectivity index (χ3v) is 5.30. The van der Waals surface area contributed by atoms with E-state index >= 15 is 0 Å². The number of hydrogen-bond acceptors (Lipinski definition) is 3. The van der Waals surface area contributed by atoms with Crippen molar-refractivity contribution in [2.24, 2.45) is 0 Å². The Balaban J connectivity index is 1.55. The van der Waals surface area contributed by atoms with Crippen LogP contribution in [0.5, 0.6) is 0 Å². The molecule has 1 amide bonds. The summed E-state index contributed by atoms with van der Waals surface area (Å²) >= 11 is 0. The number of nitrogens with one attached hydrogen (secondary N) is 1. The summed E-state index contributed by atoms with van der Waals surface area (Å²) in [6.45, 7) is 1.47. The molecule has 2 saturated heterocycles. The van der Waals surface area contributed by atoms with E-state index in [1.165, 1.54) is 0 Å². The van der Waals surface area contributed by atoms with Gasteiger partial charge in [0, 0.05) is 31.5 Å². The number of carbonyl (C=O) groups is 1. The number of rotatable bonds is 3. The van der Waals surface area contributed by atoms with Crippen LogP contribution in [0, 0.1) is 0 Å². The molecule has 2 heterocycles. The van der Waals surface area contributed by atoms with Gasteiger partial charge in [-0.3, -0.25) is 4.79 Å². The molecule has 1 aromatic rings. The molecular weight excluding hydrogens is 321 g/mol. The van der Waals surface area contributed by atoms with Crippen molar-refractivity contribution in [1.29, 1.82) is 0 Å². The standard InChI is InChI=1S/C17H19F3N2O2/c18-17(19,20)15(23)22(12-7-16(24-8-12)9-21-10-16)14-6-13(14)11-4-2-1-3-5-11/h1-5,12-14,21H,6-10H2/t12?,13-,14?/m0/s1. The molecule has 24 heavy (non-hydrogen) atoms. The number of benzene rings is 1. The lowest BCUT2D eigenvalue weighted by Crippen LogP contribution is -2.60. The minimum Gasteiger partial charge on any atom is -0.370 e. The quantitative estimate of drug-likeness (QED) is 0.916. The molecule has 3 fully saturated rings. The molecule has 0 radical (unpaired) electrons. The fourth-order valence-electron chi connectivity index (χ4n) is 3.93. The zero-order chi connectivity index (χ0) is 16.9. The molecule has 1 saturated carbocycles. The first-order valence-electron chi connectivity index (χ1n) is 8.19. The van der Waals surface area contributed by atoms with Crippen molar-refractivity contribution >= 4 is 5.91 Å². The SMILES string of the molecule is O=C(N(C1COC2(CNC2)C1)C1C[C@H]1c1ccccc1)C(F)(F)F. The molecular formula is C17H19F3N2O2. The maximum Gasteiger partial charge on any atom is 0.471 e. The van der Waals surface area contributed by atoms with Crippen LogP contribution in [0.25, 0.3) is 0 Å². The van der Waals surface area contributed by atoms with Gasteiger partial charge < -0.3 is 15.0 Å². The van der Waals surface area contributed by atoms with Crippen molar-refractivity contribution in [1.82, 2.24) is 10.2 Å². The molecule has 130 valence electrons. The molecule has 2 aliphatic heterocycles. The summed E-state index contributed by atoms with van der Waals surface area (Å²) in [6.07, 6.45) is -3.80. The highest BCUT2D eigenvalue weighted by Crippen LogP contribution is 2.48. The van der Waals surface area contributed by atoms with Gasteiger partial charge in [-0.05, 0) is 12.0 Å². The molecule has 4 rings (SSSR count). The molecule has 3 aliphatic rings. The highest BCUT2D eigenvalue weighted by Gasteiger charge is 2.57. The molecule has 1 aromatic carbocycles. The average molecular weight is 340 g/mol. The number of ether oxygens (including phenoxy) is 1. The first-order chi connectivity index (χ1) is 11.4. The van der Waals surface area contributed by atoms with Gasteiger partial charge in [-0.2, -0.15) is 13.2 Å². The van der Waals surface area contributed by atoms with Crippen LogP contribution in [0.1, 0.15) is 24.3 Å². The predicted molar refractivity (Wildman–Crippen MR) is 80.4 cm³/mol. The Labute approximate surface area is 138 Å². The van der Waals surface area contributed by atoms with Crippen LogP contribution in [0.4, 0.5) is 13.2 Å². The van der Waals surface area contributed by atoms with Gasteiger partial charge in [0.25, 0.3) is 0 Å². The lowest BCUT2D eigenvalue weighted by Gasteiger charge is -2.38. The van der Waals surface area contributed by atoms with Crippen LogP contribution < -0.4 is 5.32 Å². The Kier molecular flexibility index (Phi) is 3.61. The number of halogens is 3. The van der Waals surface area contributed by atoms with Crippen LogP contribution >= 0.6 is 0 Å². The number of hydrogen-bond donors (Lipinski definition) is 1. The van der Waals surface area contributed by atoms with E-state index in [4.69, 9.17) is 4.74 Å². The van der Waals surface area contributed by atoms with Gasteiger partial charge in [0.2, 0.25) is 0 Å². The number of carbonyl (C=O) groups excluding carboxylic acids is 1. The lowest BCUT2D eigenvalue weighted by molar-refractivity contribution is -0.188. The summed E-state index contributed by atoms with van der Waals surface area (Å²) in [4.78, 5) is 13.1. The molecule has 1 N–H and O–H groups in total. The van der Waals surface area contributed by atoms with Gasteiger partial charge in [0.15, 0.2) is 0 Å². The Hall–Kier alpha value is -1.60. The van der Waals surface area contributed by atoms with Crippen LogP contribution in [0.15, 0.2) is 30.3 Å². The average Bonchev–Trinajstić information content (AvgIpc) is 3.15. The second-order valence-corrected chi connectivity index (χ2v) is 6.99. The molecule has 1 spiro atoms. The smallest absolute Gasteiger partial charge is 0.370 e. The lowest BCUT2D eigenvalue weighted by atomic mass is 9.91. The molecule has 3 atom stereocenters. The third-order valence-electron chi connectivity index (χ3n) is 5.30. The van der Waals surface area contributed by atoms with Crippen molar-refractivity contribution in [2.75, 3.05) is 19.7 Å². The van der Waals surface area contributed by atoms with Gasteiger partial charge in [-0.15, -0.1) is 0 Å². The van der Waals surface area contributed by atoms with E-state index in [2.05, 4.69) is 5.32 Å². The van der Waals surface area contributed by atoms with E-state index < -0.39 is 24.2 Å². The highest BCUT2D eigenvalue weighted by atomic mass is 19.4. The minimum absolute atomic E-state index is 0.0198. The normalized spacial score (nSPS) is 30.9. The molecule has 7 heteroatoms. The molecule has 0 aromatic heterocycles. The van der Waals surface area contributed by atoms with Crippen LogP contribution in [0.3, 0.4) is 0 Å². The van der Waals surface area contributed by atoms with E-state index in [9.17, 15) is 18.0 Å². The van der Waals surface area contributed by atoms with Crippen molar-refractivity contribution in [2.45, 2.75) is 42.6 Å². The monoisotopic (exact) mass is 340 g/mol. The zero-order valence-electron chi connectivity index (χ0n) is 13.1. The topological polar surface area (TPSA) is 41.6 Å². The summed E-state index contributed by atoms with van der Waals surface area (Å²) in [5, 5.41) is 3.09. The van der Waals surface area contributed by atoms with Gasteiger partial charge in [-0.25, -0.2) is 0 Å². The third kappa shape index (κ3) is 2.69. The summed E-state index contributed by atoms with van der Waals surface area (Å²) in [5.41, 5.74) is 0.604. The largest absolute Gasteiger partial charge is 0.471 e. The van der Waals surface area contributed by atoms with Gasteiger partial charge in [0.05, 0.1) is 18.2 Å². The summed E-state index contributed by atoms with van der Waals surface area (Å²) in [7, 11) is 0. The Morgan fingerprint density at radius 3 is 2.50 bits per heavy atom. The second kappa shape index (κ2) is 5.46. The first kappa shape index (κ1) is 15.9. The molecule has 0 bridgehead atoms. The van der Waals surface area contributed by atoms with Gasteiger partial charge in [0.1, 0.15) is 0 Å². The Morgan fingerprint density at radius 2 is 1.96 bits per heavy atom. The van der Waals surface area contributed by atoms with Gasteiger partial charge >= 0.3 is 12.1 Å². The van der Waals surface area contributed by atoms with E-state index in [1.54, 1.807) is 0 Å². The van der Waals surface area contributed by atoms with Gasteiger partial charge in [-0.1, -0.05) is 30.3 Å². The van der Waals surface area contributed by atoms with Crippen molar-refractivity contribution in [3.8, 4) is 0 Å². The van der Waals surface area contributed by atoms with E-state index in [0.717, 1.165) is 10.5 Å². The van der Waals surface area contributed by atoms with Crippen LogP contribution in [-0.2, 0) is 9.53 Å². The van der Waals surface area contributed by atoms with Crippen molar-refractivity contribution < 1.29 is 22.7 Å². The number of nitrogens with zero attached hydrogens (tertiary/aromatic N) is 1. The first-order valence-corrected chi connectivity index (χ1v) is 8.19. The Bertz CT molecular complexity index is 630. The summed E-state index contributed by atoms with van der Waals surface area (Å²) < 4.78 is 45.1. The molecule has 4 nitrogen and oxygen atoms in total. The van der Waals surface area contributed by atoms with Crippen LogP contribution in [0.2, 0.25) is 0 Å². The van der Waals surface area contributed by atoms with Crippen molar-refractivity contribution in [3.63, 3.8) is 0 Å². The van der Waals surface area contributed by atoms with E-state index in [1.807, 2.05) is 30.3 Å². The predicted octanol–water partition coefficient (Wildman–Crippen LogP) is 2.06. The zero-order valence-corrected chi connectivity index (χ0v) is 13.1. The number of amides is 1. The van der Waals surface area contributed by atoms with Crippen molar-refractivity contribution in [3.05, 3.63) is 35.9 Å². The maximum absolute atomic E-state index is 13.1. The van der Waals surface area contributed by atoms with Crippen LogP contribution in [-0.4, -0.2) is 54.4 Å². The number of alkyl halides is 3. The maximum atomic E-state index is 13.1. The molecule has 2 unspecified atom stereocenters.